The monoisotopic (exact) mass is 299 g/mol. The average Bonchev–Trinajstić information content (AvgIpc) is 2.54. The number of nitrogens with zero attached hydrogens (tertiary/aromatic N) is 1. The van der Waals surface area contributed by atoms with Gasteiger partial charge in [0.2, 0.25) is 0 Å². The van der Waals surface area contributed by atoms with Crippen LogP contribution in [-0.4, -0.2) is 42.5 Å². The van der Waals surface area contributed by atoms with Crippen LogP contribution in [0.5, 0.6) is 0 Å². The van der Waals surface area contributed by atoms with E-state index < -0.39 is 0 Å². The van der Waals surface area contributed by atoms with E-state index >= 15 is 0 Å². The van der Waals surface area contributed by atoms with E-state index in [1.54, 1.807) is 6.07 Å². The standard InChI is InChI=1S/C17H21N3O2/c1-18-10-12-5-4-8-20(11-12)17(22)14-9-13-6-2-3-7-15(13)19-16(14)21/h2-3,6-7,9,12,18H,4-5,8,10-11H2,1H3,(H,19,21)/t12-/m1/s1. The highest BCUT2D eigenvalue weighted by Gasteiger charge is 2.25. The fourth-order valence-corrected chi connectivity index (χ4v) is 3.18. The van der Waals surface area contributed by atoms with Crippen LogP contribution >= 0.6 is 0 Å². The van der Waals surface area contributed by atoms with Crippen molar-refractivity contribution in [2.75, 3.05) is 26.7 Å². The summed E-state index contributed by atoms with van der Waals surface area (Å²) in [5, 5.41) is 4.05. The molecule has 116 valence electrons. The van der Waals surface area contributed by atoms with Gasteiger partial charge in [-0.25, -0.2) is 0 Å². The Balaban J connectivity index is 1.88. The van der Waals surface area contributed by atoms with Crippen molar-refractivity contribution >= 4 is 16.8 Å². The Morgan fingerprint density at radius 1 is 1.41 bits per heavy atom. The van der Waals surface area contributed by atoms with Gasteiger partial charge in [-0.05, 0) is 49.9 Å². The van der Waals surface area contributed by atoms with Crippen molar-refractivity contribution in [1.29, 1.82) is 0 Å². The lowest BCUT2D eigenvalue weighted by atomic mass is 9.97. The number of amides is 1. The fourth-order valence-electron chi connectivity index (χ4n) is 3.18. The molecule has 0 saturated carbocycles. The van der Waals surface area contributed by atoms with Gasteiger partial charge in [0.05, 0.1) is 0 Å². The molecule has 0 radical (unpaired) electrons. The number of likely N-dealkylation sites (tertiary alicyclic amines) is 1. The number of para-hydroxylation sites is 1. The second-order valence-electron chi connectivity index (χ2n) is 5.92. The molecule has 0 spiro atoms. The summed E-state index contributed by atoms with van der Waals surface area (Å²) in [5.41, 5.74) is 0.694. The molecule has 1 aliphatic heterocycles. The number of hydrogen-bond acceptors (Lipinski definition) is 3. The molecule has 1 saturated heterocycles. The number of H-pyrrole nitrogens is 1. The zero-order valence-corrected chi connectivity index (χ0v) is 12.8. The zero-order valence-electron chi connectivity index (χ0n) is 12.8. The summed E-state index contributed by atoms with van der Waals surface area (Å²) in [6.45, 7) is 2.34. The Hall–Kier alpha value is -2.14. The summed E-state index contributed by atoms with van der Waals surface area (Å²) in [6.07, 6.45) is 2.11. The molecule has 0 aliphatic carbocycles. The van der Waals surface area contributed by atoms with E-state index in [0.717, 1.165) is 36.8 Å². The number of carbonyl (C=O) groups is 1. The lowest BCUT2D eigenvalue weighted by molar-refractivity contribution is 0.0672. The maximum Gasteiger partial charge on any atom is 0.261 e. The normalized spacial score (nSPS) is 18.6. The first kappa shape index (κ1) is 14.8. The summed E-state index contributed by atoms with van der Waals surface area (Å²) in [4.78, 5) is 29.5. The van der Waals surface area contributed by atoms with Crippen LogP contribution in [0.15, 0.2) is 35.1 Å². The van der Waals surface area contributed by atoms with Gasteiger partial charge < -0.3 is 15.2 Å². The lowest BCUT2D eigenvalue weighted by Crippen LogP contribution is -2.43. The molecule has 1 aromatic heterocycles. The summed E-state index contributed by atoms with van der Waals surface area (Å²) < 4.78 is 0. The maximum atomic E-state index is 12.7. The van der Waals surface area contributed by atoms with Gasteiger partial charge in [0, 0.05) is 18.6 Å². The minimum Gasteiger partial charge on any atom is -0.338 e. The third-order valence-electron chi connectivity index (χ3n) is 4.28. The number of rotatable bonds is 3. The van der Waals surface area contributed by atoms with Crippen molar-refractivity contribution < 1.29 is 4.79 Å². The van der Waals surface area contributed by atoms with Crippen molar-refractivity contribution in [3.05, 3.63) is 46.2 Å². The van der Waals surface area contributed by atoms with Crippen molar-refractivity contribution in [3.8, 4) is 0 Å². The zero-order chi connectivity index (χ0) is 15.5. The summed E-state index contributed by atoms with van der Waals surface area (Å²) >= 11 is 0. The van der Waals surface area contributed by atoms with Gasteiger partial charge >= 0.3 is 0 Å². The van der Waals surface area contributed by atoms with E-state index in [1.165, 1.54) is 0 Å². The molecule has 1 fully saturated rings. The van der Waals surface area contributed by atoms with Gasteiger partial charge in [-0.3, -0.25) is 9.59 Å². The van der Waals surface area contributed by atoms with E-state index in [9.17, 15) is 9.59 Å². The average molecular weight is 299 g/mol. The number of piperidine rings is 1. The van der Waals surface area contributed by atoms with Crippen LogP contribution in [0, 0.1) is 5.92 Å². The second kappa shape index (κ2) is 6.32. The van der Waals surface area contributed by atoms with E-state index in [2.05, 4.69) is 10.3 Å². The molecule has 0 unspecified atom stereocenters. The van der Waals surface area contributed by atoms with E-state index in [1.807, 2.05) is 36.2 Å². The van der Waals surface area contributed by atoms with Gasteiger partial charge in [0.1, 0.15) is 5.56 Å². The number of fused-ring (bicyclic) bond motifs is 1. The summed E-state index contributed by atoms with van der Waals surface area (Å²) in [5.74, 6) is 0.301. The molecule has 1 aromatic carbocycles. The van der Waals surface area contributed by atoms with Gasteiger partial charge in [-0.15, -0.1) is 0 Å². The molecule has 22 heavy (non-hydrogen) atoms. The van der Waals surface area contributed by atoms with Gasteiger partial charge in [-0.1, -0.05) is 18.2 Å². The molecular weight excluding hydrogens is 278 g/mol. The molecule has 5 nitrogen and oxygen atoms in total. The molecule has 1 aliphatic rings. The van der Waals surface area contributed by atoms with Crippen molar-refractivity contribution in [2.24, 2.45) is 5.92 Å². The number of benzene rings is 1. The highest BCUT2D eigenvalue weighted by molar-refractivity contribution is 5.97. The molecule has 5 heteroatoms. The van der Waals surface area contributed by atoms with E-state index in [-0.39, 0.29) is 17.0 Å². The minimum atomic E-state index is -0.306. The quantitative estimate of drug-likeness (QED) is 0.905. The number of carbonyl (C=O) groups excluding carboxylic acids is 1. The summed E-state index contributed by atoms with van der Waals surface area (Å²) in [6, 6.07) is 9.22. The topological polar surface area (TPSA) is 65.2 Å². The highest BCUT2D eigenvalue weighted by atomic mass is 16.2. The predicted octanol–water partition coefficient (Wildman–Crippen LogP) is 1.60. The first-order chi connectivity index (χ1) is 10.7. The lowest BCUT2D eigenvalue weighted by Gasteiger charge is -2.32. The van der Waals surface area contributed by atoms with Crippen LogP contribution in [0.1, 0.15) is 23.2 Å². The number of aromatic nitrogens is 1. The van der Waals surface area contributed by atoms with Gasteiger partial charge in [-0.2, -0.15) is 0 Å². The van der Waals surface area contributed by atoms with Crippen molar-refractivity contribution in [1.82, 2.24) is 15.2 Å². The second-order valence-corrected chi connectivity index (χ2v) is 5.92. The smallest absolute Gasteiger partial charge is 0.261 e. The molecule has 2 N–H and O–H groups in total. The first-order valence-corrected chi connectivity index (χ1v) is 7.75. The van der Waals surface area contributed by atoms with Crippen molar-refractivity contribution in [2.45, 2.75) is 12.8 Å². The first-order valence-electron chi connectivity index (χ1n) is 7.75. The number of nitrogens with one attached hydrogen (secondary N) is 2. The Kier molecular flexibility index (Phi) is 4.24. The molecule has 1 atom stereocenters. The van der Waals surface area contributed by atoms with E-state index in [0.29, 0.717) is 12.5 Å². The van der Waals surface area contributed by atoms with Gasteiger partial charge in [0.25, 0.3) is 11.5 Å². The van der Waals surface area contributed by atoms with E-state index in [4.69, 9.17) is 0 Å². The third kappa shape index (κ3) is 2.90. The Morgan fingerprint density at radius 2 is 2.23 bits per heavy atom. The number of pyridine rings is 1. The van der Waals surface area contributed by atoms with Crippen LogP contribution in [0.25, 0.3) is 10.9 Å². The number of hydrogen-bond donors (Lipinski definition) is 2. The van der Waals surface area contributed by atoms with Gasteiger partial charge in [0.15, 0.2) is 0 Å². The van der Waals surface area contributed by atoms with Crippen LogP contribution < -0.4 is 10.9 Å². The van der Waals surface area contributed by atoms with Crippen LogP contribution in [0.4, 0.5) is 0 Å². The van der Waals surface area contributed by atoms with Crippen LogP contribution in [0.2, 0.25) is 0 Å². The summed E-state index contributed by atoms with van der Waals surface area (Å²) in [7, 11) is 1.93. The van der Waals surface area contributed by atoms with Crippen LogP contribution in [-0.2, 0) is 0 Å². The Bertz CT molecular complexity index is 736. The molecule has 0 bridgehead atoms. The molecule has 2 aromatic rings. The molecular formula is C17H21N3O2. The third-order valence-corrected chi connectivity index (χ3v) is 4.28. The SMILES string of the molecule is CNC[C@H]1CCCN(C(=O)c2cc3ccccc3[nH]c2=O)C1. The minimum absolute atomic E-state index is 0.159. The largest absolute Gasteiger partial charge is 0.338 e. The molecule has 1 amide bonds. The highest BCUT2D eigenvalue weighted by Crippen LogP contribution is 2.18. The fraction of sp³-hybridized carbons (Fsp3) is 0.412. The molecule has 2 heterocycles. The molecule has 3 rings (SSSR count). The van der Waals surface area contributed by atoms with Crippen LogP contribution in [0.3, 0.4) is 0 Å². The Labute approximate surface area is 129 Å². The maximum absolute atomic E-state index is 12.7. The Morgan fingerprint density at radius 3 is 3.05 bits per heavy atom. The predicted molar refractivity (Wildman–Crippen MR) is 87.1 cm³/mol. The number of aromatic amines is 1. The van der Waals surface area contributed by atoms with Crippen molar-refractivity contribution in [3.63, 3.8) is 0 Å².